The smallest absolute Gasteiger partial charge is 0.350 e. The number of hydrogen-bond donors (Lipinski definition) is 1. The number of ether oxygens (including phenoxy) is 1. The van der Waals surface area contributed by atoms with Gasteiger partial charge in [-0.2, -0.15) is 0 Å². The van der Waals surface area contributed by atoms with Crippen LogP contribution in [0.25, 0.3) is 0 Å². The number of aliphatic carboxylic acids is 1. The number of piperidine rings is 1. The second-order valence-corrected chi connectivity index (χ2v) is 8.32. The molecule has 28 heavy (non-hydrogen) atoms. The Labute approximate surface area is 164 Å². The number of nitrogens with two attached hydrogens (primary N) is 1. The Hall–Kier alpha value is -2.61. The highest BCUT2D eigenvalue weighted by Gasteiger charge is 2.61. The highest BCUT2D eigenvalue weighted by molar-refractivity contribution is 6.01. The first-order valence-corrected chi connectivity index (χ1v) is 9.55. The molecule has 2 saturated heterocycles. The monoisotopic (exact) mass is 389 g/mol. The van der Waals surface area contributed by atoms with Gasteiger partial charge in [-0.05, 0) is 32.9 Å². The molecule has 0 aromatic heterocycles. The van der Waals surface area contributed by atoms with Crippen molar-refractivity contribution in [3.05, 3.63) is 30.3 Å². The molecule has 8 heteroatoms. The molecule has 1 aromatic rings. The quantitative estimate of drug-likeness (QED) is 0.652. The predicted molar refractivity (Wildman–Crippen MR) is 98.9 cm³/mol. The Balaban J connectivity index is 2.12. The molecule has 1 spiro atoms. The minimum Gasteiger partial charge on any atom is -0.548 e. The van der Waals surface area contributed by atoms with Crippen molar-refractivity contribution >= 4 is 23.5 Å². The lowest BCUT2D eigenvalue weighted by molar-refractivity contribution is -0.664. The number of carboxylic acids is 1. The molecule has 2 aliphatic heterocycles. The van der Waals surface area contributed by atoms with Gasteiger partial charge < -0.3 is 29.8 Å². The first kappa shape index (κ1) is 20.1. The zero-order valence-electron chi connectivity index (χ0n) is 16.5. The summed E-state index contributed by atoms with van der Waals surface area (Å²) in [6.07, 6.45) is -0.113. The summed E-state index contributed by atoms with van der Waals surface area (Å²) in [5, 5.41) is 13.5. The van der Waals surface area contributed by atoms with Crippen LogP contribution in [-0.4, -0.2) is 59.7 Å². The molecule has 3 rings (SSSR count). The zero-order valence-corrected chi connectivity index (χ0v) is 16.5. The maximum absolute atomic E-state index is 13.5. The van der Waals surface area contributed by atoms with Crippen LogP contribution in [0.4, 0.5) is 5.69 Å². The molecule has 0 unspecified atom stereocenters. The number of para-hydroxylation sites is 1. The number of carbonyl (C=O) groups excluding carboxylic acids is 3. The van der Waals surface area contributed by atoms with Crippen molar-refractivity contribution in [2.24, 2.45) is 0 Å². The number of anilines is 1. The molecule has 1 aromatic carbocycles. The fourth-order valence-electron chi connectivity index (χ4n) is 4.12. The molecule has 152 valence electrons. The van der Waals surface area contributed by atoms with Crippen molar-refractivity contribution in [1.82, 2.24) is 4.90 Å². The third-order valence-corrected chi connectivity index (χ3v) is 5.14. The molecule has 0 saturated carbocycles. The van der Waals surface area contributed by atoms with Gasteiger partial charge in [0.1, 0.15) is 11.1 Å². The summed E-state index contributed by atoms with van der Waals surface area (Å²) < 4.78 is 5.57. The number of benzene rings is 1. The standard InChI is InChI=1S/C20H27N3O5/c1-19(2,3)28-17(26)16-22(13-15(24)25)18(27)20(9-11-21-12-10-20)23(16)14-7-5-4-6-8-14/h4-8,16,21H,9-13H2,1-3H3,(H,24,25)/t16-/m1/s1. The van der Waals surface area contributed by atoms with Crippen molar-refractivity contribution in [1.29, 1.82) is 0 Å². The van der Waals surface area contributed by atoms with Crippen molar-refractivity contribution in [3.8, 4) is 0 Å². The van der Waals surface area contributed by atoms with E-state index in [4.69, 9.17) is 4.74 Å². The molecule has 0 bridgehead atoms. The first-order valence-electron chi connectivity index (χ1n) is 9.55. The van der Waals surface area contributed by atoms with E-state index in [0.29, 0.717) is 18.5 Å². The minimum atomic E-state index is -1.41. The summed E-state index contributed by atoms with van der Waals surface area (Å²) in [7, 11) is 0. The summed E-state index contributed by atoms with van der Waals surface area (Å²) in [4.78, 5) is 40.8. The summed E-state index contributed by atoms with van der Waals surface area (Å²) >= 11 is 0. The largest absolute Gasteiger partial charge is 0.548 e. The van der Waals surface area contributed by atoms with Crippen molar-refractivity contribution in [2.75, 3.05) is 24.5 Å². The van der Waals surface area contributed by atoms with Crippen LogP contribution in [-0.2, 0) is 19.1 Å². The molecular weight excluding hydrogens is 362 g/mol. The fourth-order valence-corrected chi connectivity index (χ4v) is 4.12. The van der Waals surface area contributed by atoms with Crippen LogP contribution in [0.3, 0.4) is 0 Å². The predicted octanol–water partition coefficient (Wildman–Crippen LogP) is -1.15. The minimum absolute atomic E-state index is 0.357. The second-order valence-electron chi connectivity index (χ2n) is 8.32. The van der Waals surface area contributed by atoms with Gasteiger partial charge in [0.2, 0.25) is 6.17 Å². The van der Waals surface area contributed by atoms with Gasteiger partial charge in [-0.15, -0.1) is 0 Å². The number of carboxylic acid groups (broad SMARTS) is 1. The Bertz CT molecular complexity index is 753. The van der Waals surface area contributed by atoms with Crippen LogP contribution in [0, 0.1) is 0 Å². The van der Waals surface area contributed by atoms with Crippen LogP contribution in [0.2, 0.25) is 0 Å². The van der Waals surface area contributed by atoms with Gasteiger partial charge >= 0.3 is 5.97 Å². The molecule has 1 amide bonds. The number of quaternary nitrogens is 1. The van der Waals surface area contributed by atoms with E-state index in [-0.39, 0.29) is 5.91 Å². The molecule has 2 N–H and O–H groups in total. The molecular formula is C20H27N3O5. The van der Waals surface area contributed by atoms with Crippen LogP contribution < -0.4 is 15.3 Å². The van der Waals surface area contributed by atoms with Crippen LogP contribution in [0.1, 0.15) is 33.6 Å². The molecule has 1 atom stereocenters. The van der Waals surface area contributed by atoms with Crippen molar-refractivity contribution < 1.29 is 29.5 Å². The summed E-state index contributed by atoms with van der Waals surface area (Å²) in [5.41, 5.74) is -1.05. The van der Waals surface area contributed by atoms with Crippen molar-refractivity contribution in [3.63, 3.8) is 0 Å². The van der Waals surface area contributed by atoms with E-state index >= 15 is 0 Å². The summed E-state index contributed by atoms with van der Waals surface area (Å²) in [5.74, 6) is -2.41. The van der Waals surface area contributed by atoms with Crippen LogP contribution in [0.15, 0.2) is 30.3 Å². The van der Waals surface area contributed by atoms with E-state index in [0.717, 1.165) is 18.0 Å². The maximum Gasteiger partial charge on any atom is 0.350 e. The van der Waals surface area contributed by atoms with E-state index < -0.39 is 35.8 Å². The van der Waals surface area contributed by atoms with Gasteiger partial charge in [-0.25, -0.2) is 4.79 Å². The number of esters is 1. The van der Waals surface area contributed by atoms with E-state index in [9.17, 15) is 19.5 Å². The maximum atomic E-state index is 13.5. The van der Waals surface area contributed by atoms with E-state index in [1.165, 1.54) is 0 Å². The normalized spacial score (nSPS) is 21.8. The second kappa shape index (κ2) is 7.43. The third kappa shape index (κ3) is 3.69. The lowest BCUT2D eigenvalue weighted by Gasteiger charge is -2.40. The zero-order chi connectivity index (χ0) is 20.5. The average molecular weight is 389 g/mol. The lowest BCUT2D eigenvalue weighted by atomic mass is 9.86. The Morgan fingerprint density at radius 3 is 2.36 bits per heavy atom. The van der Waals surface area contributed by atoms with Crippen molar-refractivity contribution in [2.45, 2.75) is 50.9 Å². The molecule has 8 nitrogen and oxygen atoms in total. The highest BCUT2D eigenvalue weighted by atomic mass is 16.6. The number of nitrogens with zero attached hydrogens (tertiary/aromatic N) is 2. The van der Waals surface area contributed by atoms with Gasteiger partial charge in [0.05, 0.1) is 25.6 Å². The Morgan fingerprint density at radius 1 is 1.21 bits per heavy atom. The fraction of sp³-hybridized carbons (Fsp3) is 0.550. The first-order chi connectivity index (χ1) is 13.2. The topological polar surface area (TPSA) is 107 Å². The number of amides is 1. The molecule has 2 fully saturated rings. The number of hydrogen-bond acceptors (Lipinski definition) is 6. The molecule has 0 radical (unpaired) electrons. The van der Waals surface area contributed by atoms with Crippen LogP contribution in [0.5, 0.6) is 0 Å². The van der Waals surface area contributed by atoms with E-state index in [1.807, 2.05) is 30.3 Å². The van der Waals surface area contributed by atoms with Gasteiger partial charge in [0.15, 0.2) is 0 Å². The van der Waals surface area contributed by atoms with Crippen LogP contribution >= 0.6 is 0 Å². The Kier molecular flexibility index (Phi) is 5.34. The highest BCUT2D eigenvalue weighted by Crippen LogP contribution is 2.41. The lowest BCUT2D eigenvalue weighted by Crippen LogP contribution is -2.89. The van der Waals surface area contributed by atoms with Gasteiger partial charge in [0, 0.05) is 18.5 Å². The van der Waals surface area contributed by atoms with Gasteiger partial charge in [0.25, 0.3) is 5.91 Å². The van der Waals surface area contributed by atoms with Gasteiger partial charge in [-0.3, -0.25) is 4.79 Å². The SMILES string of the molecule is CC(C)(C)OC(=O)[C@@H]1N(CC(=O)[O-])C(=O)C2(CC[NH2+]CC2)N1c1ccccc1. The van der Waals surface area contributed by atoms with Gasteiger partial charge in [-0.1, -0.05) is 18.2 Å². The molecule has 2 aliphatic rings. The third-order valence-electron chi connectivity index (χ3n) is 5.14. The summed E-state index contributed by atoms with van der Waals surface area (Å²) in [6.45, 7) is 6.00. The Morgan fingerprint density at radius 2 is 1.82 bits per heavy atom. The molecule has 2 heterocycles. The average Bonchev–Trinajstić information content (AvgIpc) is 2.84. The summed E-state index contributed by atoms with van der Waals surface area (Å²) in [6, 6.07) is 9.16. The van der Waals surface area contributed by atoms with E-state index in [2.05, 4.69) is 5.32 Å². The molecule has 0 aliphatic carbocycles. The number of carbonyl (C=O) groups is 3. The van der Waals surface area contributed by atoms with E-state index in [1.54, 1.807) is 25.7 Å². The number of rotatable bonds is 4.